The molecule has 182 valence electrons. The van der Waals surface area contributed by atoms with Crippen LogP contribution >= 0.6 is 0 Å². The lowest BCUT2D eigenvalue weighted by atomic mass is 10.1. The highest BCUT2D eigenvalue weighted by Gasteiger charge is 2.20. The van der Waals surface area contributed by atoms with Gasteiger partial charge in [-0.15, -0.1) is 0 Å². The molecule has 2 aromatic heterocycles. The Morgan fingerprint density at radius 2 is 1.71 bits per heavy atom. The fraction of sp³-hybridized carbons (Fsp3) is 0.385. The zero-order valence-electron chi connectivity index (χ0n) is 20.1. The van der Waals surface area contributed by atoms with Gasteiger partial charge in [-0.3, -0.25) is 9.78 Å². The van der Waals surface area contributed by atoms with Crippen molar-refractivity contribution in [1.29, 1.82) is 0 Å². The van der Waals surface area contributed by atoms with Crippen LogP contribution in [0.1, 0.15) is 16.1 Å². The average molecular weight is 474 g/mol. The molecule has 3 aromatic rings. The van der Waals surface area contributed by atoms with Crippen LogP contribution < -0.4 is 15.5 Å². The number of piperazine rings is 1. The van der Waals surface area contributed by atoms with Gasteiger partial charge in [0.1, 0.15) is 5.69 Å². The molecule has 5 rings (SSSR count). The molecule has 2 saturated heterocycles. The summed E-state index contributed by atoms with van der Waals surface area (Å²) >= 11 is 0. The number of morpholine rings is 1. The quantitative estimate of drug-likeness (QED) is 0.540. The van der Waals surface area contributed by atoms with Gasteiger partial charge in [-0.05, 0) is 25.2 Å². The highest BCUT2D eigenvalue weighted by atomic mass is 16.5. The highest BCUT2D eigenvalue weighted by molar-refractivity contribution is 6.00. The summed E-state index contributed by atoms with van der Waals surface area (Å²) in [5, 5.41) is 0. The third-order valence-electron chi connectivity index (χ3n) is 6.68. The lowest BCUT2D eigenvalue weighted by Crippen LogP contribution is -2.44. The van der Waals surface area contributed by atoms with E-state index < -0.39 is 0 Å². The van der Waals surface area contributed by atoms with Crippen LogP contribution in [-0.4, -0.2) is 85.2 Å². The van der Waals surface area contributed by atoms with Crippen molar-refractivity contribution in [3.63, 3.8) is 0 Å². The molecule has 9 heteroatoms. The molecule has 0 amide bonds. The van der Waals surface area contributed by atoms with E-state index in [-0.39, 0.29) is 23.7 Å². The molecule has 4 heterocycles. The second-order valence-corrected chi connectivity index (χ2v) is 9.03. The second kappa shape index (κ2) is 10.4. The number of anilines is 3. The van der Waals surface area contributed by atoms with Crippen molar-refractivity contribution in [2.75, 3.05) is 75.1 Å². The van der Waals surface area contributed by atoms with Crippen molar-refractivity contribution in [2.24, 2.45) is 0 Å². The van der Waals surface area contributed by atoms with Gasteiger partial charge in [0.25, 0.3) is 0 Å². The number of aromatic nitrogens is 3. The van der Waals surface area contributed by atoms with E-state index in [1.807, 2.05) is 18.2 Å². The molecule has 35 heavy (non-hydrogen) atoms. The number of hydrogen-bond donors (Lipinski definition) is 1. The van der Waals surface area contributed by atoms with Crippen molar-refractivity contribution in [3.8, 4) is 11.3 Å². The van der Waals surface area contributed by atoms with E-state index in [9.17, 15) is 4.79 Å². The summed E-state index contributed by atoms with van der Waals surface area (Å²) in [5.74, 6) is -0.0296. The number of nitrogens with two attached hydrogens (primary N) is 1. The number of nitrogens with zero attached hydrogens (tertiary/aromatic N) is 6. The Hall–Kier alpha value is -3.56. The molecule has 0 bridgehead atoms. The minimum absolute atomic E-state index is 0.143. The molecule has 2 aliphatic heterocycles. The smallest absolute Gasteiger partial charge is 0.189 e. The molecule has 2 fully saturated rings. The van der Waals surface area contributed by atoms with E-state index in [1.165, 1.54) is 5.69 Å². The van der Waals surface area contributed by atoms with E-state index in [0.717, 1.165) is 56.1 Å². The molecule has 0 saturated carbocycles. The lowest BCUT2D eigenvalue weighted by Gasteiger charge is -2.34. The van der Waals surface area contributed by atoms with Gasteiger partial charge in [-0.25, -0.2) is 9.97 Å². The second-order valence-electron chi connectivity index (χ2n) is 9.03. The molecule has 0 atom stereocenters. The van der Waals surface area contributed by atoms with Crippen LogP contribution in [0.2, 0.25) is 0 Å². The minimum atomic E-state index is -0.173. The summed E-state index contributed by atoms with van der Waals surface area (Å²) in [5.41, 5.74) is 10.9. The Balaban J connectivity index is 1.34. The van der Waals surface area contributed by atoms with Crippen LogP contribution in [0.15, 0.2) is 48.9 Å². The van der Waals surface area contributed by atoms with Crippen LogP contribution in [-0.2, 0) is 11.2 Å². The summed E-state index contributed by atoms with van der Waals surface area (Å²) in [6, 6.07) is 10.2. The first kappa shape index (κ1) is 23.2. The Labute approximate surface area is 205 Å². The third-order valence-corrected chi connectivity index (χ3v) is 6.68. The predicted molar refractivity (Wildman–Crippen MR) is 137 cm³/mol. The van der Waals surface area contributed by atoms with E-state index >= 15 is 0 Å². The van der Waals surface area contributed by atoms with E-state index in [0.29, 0.717) is 18.9 Å². The summed E-state index contributed by atoms with van der Waals surface area (Å²) < 4.78 is 5.46. The first-order chi connectivity index (χ1) is 17.1. The Kier molecular flexibility index (Phi) is 6.87. The number of ketones is 1. The maximum atomic E-state index is 13.3. The summed E-state index contributed by atoms with van der Waals surface area (Å²) in [6.45, 7) is 7.04. The van der Waals surface area contributed by atoms with Crippen molar-refractivity contribution in [1.82, 2.24) is 19.9 Å². The zero-order chi connectivity index (χ0) is 24.2. The fourth-order valence-corrected chi connectivity index (χ4v) is 4.58. The molecular weight excluding hydrogens is 442 g/mol. The number of ether oxygens (including phenoxy) is 1. The molecule has 1 aromatic carbocycles. The fourth-order valence-electron chi connectivity index (χ4n) is 4.58. The monoisotopic (exact) mass is 473 g/mol. The van der Waals surface area contributed by atoms with Gasteiger partial charge < -0.3 is 25.2 Å². The molecule has 0 unspecified atom stereocenters. The summed E-state index contributed by atoms with van der Waals surface area (Å²) in [6.07, 6.45) is 5.28. The van der Waals surface area contributed by atoms with E-state index in [1.54, 1.807) is 18.6 Å². The normalized spacial score (nSPS) is 16.9. The van der Waals surface area contributed by atoms with Gasteiger partial charge in [0.05, 0.1) is 25.1 Å². The Bertz CT molecular complexity index is 1170. The van der Waals surface area contributed by atoms with Crippen molar-refractivity contribution in [3.05, 3.63) is 60.2 Å². The maximum absolute atomic E-state index is 13.3. The molecule has 0 aliphatic carbocycles. The first-order valence-electron chi connectivity index (χ1n) is 12.0. The van der Waals surface area contributed by atoms with Crippen molar-refractivity contribution < 1.29 is 9.53 Å². The predicted octanol–water partition coefficient (Wildman–Crippen LogP) is 2.13. The molecule has 0 radical (unpaired) electrons. The minimum Gasteiger partial charge on any atom is -0.382 e. The van der Waals surface area contributed by atoms with Gasteiger partial charge >= 0.3 is 0 Å². The largest absolute Gasteiger partial charge is 0.382 e. The zero-order valence-corrected chi connectivity index (χ0v) is 20.1. The van der Waals surface area contributed by atoms with E-state index in [2.05, 4.69) is 48.8 Å². The van der Waals surface area contributed by atoms with Crippen molar-refractivity contribution >= 4 is 23.0 Å². The third kappa shape index (κ3) is 5.26. The molecule has 0 spiro atoms. The van der Waals surface area contributed by atoms with Gasteiger partial charge in [0.2, 0.25) is 0 Å². The number of benzene rings is 1. The summed E-state index contributed by atoms with van der Waals surface area (Å²) in [4.78, 5) is 33.4. The Morgan fingerprint density at radius 1 is 0.971 bits per heavy atom. The highest BCUT2D eigenvalue weighted by Crippen LogP contribution is 2.26. The number of pyridine rings is 1. The lowest BCUT2D eigenvalue weighted by molar-refractivity contribution is 0.0988. The number of Topliss-reactive ketones (excluding diaryl/α,β-unsaturated/α-hetero) is 1. The van der Waals surface area contributed by atoms with Crippen LogP contribution in [0, 0.1) is 0 Å². The van der Waals surface area contributed by atoms with Crippen LogP contribution in [0.4, 0.5) is 17.2 Å². The number of rotatable bonds is 6. The Morgan fingerprint density at radius 3 is 2.46 bits per heavy atom. The molecular formula is C26H31N7O2. The van der Waals surface area contributed by atoms with Gasteiger partial charge in [0.15, 0.2) is 11.6 Å². The van der Waals surface area contributed by atoms with Gasteiger partial charge in [-0.1, -0.05) is 12.1 Å². The standard InChI is InChI=1S/C26H31N7O2/c1-31-8-10-32(11-9-31)21-4-2-19(3-5-21)22-18-29-26(27)25(30-22)24(34)16-20-17-28-7-6-23(20)33-12-14-35-15-13-33/h2-7,17-18H,8-16H2,1H3,(H2,27,29). The van der Waals surface area contributed by atoms with Gasteiger partial charge in [-0.2, -0.15) is 0 Å². The number of nitrogen functional groups attached to an aromatic ring is 1. The SMILES string of the molecule is CN1CCN(c2ccc(-c3cnc(N)c(C(=O)Cc4cnccc4N4CCOCC4)n3)cc2)CC1. The van der Waals surface area contributed by atoms with Crippen LogP contribution in [0.3, 0.4) is 0 Å². The molecule has 2 N–H and O–H groups in total. The number of likely N-dealkylation sites (N-methyl/N-ethyl adjacent to an activating group) is 1. The number of carbonyl (C=O) groups is 1. The molecule has 9 nitrogen and oxygen atoms in total. The number of hydrogen-bond acceptors (Lipinski definition) is 9. The van der Waals surface area contributed by atoms with Crippen LogP contribution in [0.5, 0.6) is 0 Å². The maximum Gasteiger partial charge on any atom is 0.189 e. The number of carbonyl (C=O) groups excluding carboxylic acids is 1. The van der Waals surface area contributed by atoms with E-state index in [4.69, 9.17) is 10.5 Å². The molecule has 2 aliphatic rings. The summed E-state index contributed by atoms with van der Waals surface area (Å²) in [7, 11) is 2.15. The van der Waals surface area contributed by atoms with Gasteiger partial charge in [0, 0.05) is 80.6 Å². The van der Waals surface area contributed by atoms with Crippen molar-refractivity contribution in [2.45, 2.75) is 6.42 Å². The average Bonchev–Trinajstić information content (AvgIpc) is 2.90. The first-order valence-corrected chi connectivity index (χ1v) is 12.0. The van der Waals surface area contributed by atoms with Crippen LogP contribution in [0.25, 0.3) is 11.3 Å². The topological polar surface area (TPSA) is 101 Å².